The summed E-state index contributed by atoms with van der Waals surface area (Å²) in [5.74, 6) is 1.26. The molecule has 2 aliphatic rings. The van der Waals surface area contributed by atoms with Gasteiger partial charge in [0.25, 0.3) is 0 Å². The molecule has 2 aromatic carbocycles. The monoisotopic (exact) mass is 456 g/mol. The van der Waals surface area contributed by atoms with Crippen LogP contribution in [0, 0.1) is 11.8 Å². The van der Waals surface area contributed by atoms with Crippen LogP contribution in [0.2, 0.25) is 0 Å². The van der Waals surface area contributed by atoms with Gasteiger partial charge in [0, 0.05) is 32.1 Å². The van der Waals surface area contributed by atoms with E-state index in [1.807, 2.05) is 23.1 Å². The van der Waals surface area contributed by atoms with Gasteiger partial charge in [0.05, 0.1) is 12.0 Å². The zero-order valence-electron chi connectivity index (χ0n) is 18.7. The smallest absolute Gasteiger partial charge is 0.243 e. The topological polar surface area (TPSA) is 66.9 Å². The third kappa shape index (κ3) is 5.15. The van der Waals surface area contributed by atoms with E-state index in [0.717, 1.165) is 12.1 Å². The van der Waals surface area contributed by atoms with Gasteiger partial charge in [-0.1, -0.05) is 36.8 Å². The minimum Gasteiger partial charge on any atom is -0.497 e. The van der Waals surface area contributed by atoms with E-state index in [1.54, 1.807) is 31.4 Å². The summed E-state index contributed by atoms with van der Waals surface area (Å²) in [6.45, 7) is 2.17. The van der Waals surface area contributed by atoms with E-state index in [2.05, 4.69) is 12.1 Å². The Balaban J connectivity index is 1.40. The van der Waals surface area contributed by atoms with Crippen molar-refractivity contribution in [3.63, 3.8) is 0 Å². The SMILES string of the molecule is COc1ccc(S(=O)(=O)N2CCC(C(=O)N(Cc3ccccc3)CC3CCC3)CC2)cc1. The summed E-state index contributed by atoms with van der Waals surface area (Å²) in [5, 5.41) is 0. The van der Waals surface area contributed by atoms with Gasteiger partial charge in [-0.05, 0) is 61.4 Å². The van der Waals surface area contributed by atoms with Gasteiger partial charge in [-0.15, -0.1) is 0 Å². The molecule has 0 atom stereocenters. The number of piperidine rings is 1. The molecule has 172 valence electrons. The van der Waals surface area contributed by atoms with Crippen LogP contribution in [0.5, 0.6) is 5.75 Å². The van der Waals surface area contributed by atoms with Crippen LogP contribution in [0.15, 0.2) is 59.5 Å². The highest BCUT2D eigenvalue weighted by Crippen LogP contribution is 2.30. The maximum Gasteiger partial charge on any atom is 0.243 e. The number of sulfonamides is 1. The fourth-order valence-corrected chi connectivity index (χ4v) is 5.99. The average molecular weight is 457 g/mol. The minimum atomic E-state index is -3.57. The van der Waals surface area contributed by atoms with Crippen molar-refractivity contribution in [3.05, 3.63) is 60.2 Å². The summed E-state index contributed by atoms with van der Waals surface area (Å²) >= 11 is 0. The highest BCUT2D eigenvalue weighted by Gasteiger charge is 2.35. The normalized spacial score (nSPS) is 18.2. The lowest BCUT2D eigenvalue weighted by Crippen LogP contribution is -2.45. The standard InChI is InChI=1S/C25H32N2O4S/c1-31-23-10-12-24(13-11-23)32(29,30)27-16-14-22(15-17-27)25(28)26(19-21-8-5-9-21)18-20-6-3-2-4-7-20/h2-4,6-7,10-13,21-22H,5,8-9,14-19H2,1H3. The largest absolute Gasteiger partial charge is 0.497 e. The third-order valence-corrected chi connectivity index (χ3v) is 8.64. The molecular weight excluding hydrogens is 424 g/mol. The molecule has 0 radical (unpaired) electrons. The number of carbonyl (C=O) groups is 1. The summed E-state index contributed by atoms with van der Waals surface area (Å²) in [6, 6.07) is 16.6. The van der Waals surface area contributed by atoms with Gasteiger partial charge >= 0.3 is 0 Å². The van der Waals surface area contributed by atoms with Crippen molar-refractivity contribution in [2.24, 2.45) is 11.8 Å². The number of nitrogens with zero attached hydrogens (tertiary/aromatic N) is 2. The molecule has 2 fully saturated rings. The highest BCUT2D eigenvalue weighted by atomic mass is 32.2. The summed E-state index contributed by atoms with van der Waals surface area (Å²) in [5.41, 5.74) is 1.14. The Hall–Kier alpha value is -2.38. The van der Waals surface area contributed by atoms with E-state index in [-0.39, 0.29) is 16.7 Å². The van der Waals surface area contributed by atoms with Crippen LogP contribution in [0.1, 0.15) is 37.7 Å². The van der Waals surface area contributed by atoms with Crippen molar-refractivity contribution in [2.45, 2.75) is 43.5 Å². The zero-order valence-corrected chi connectivity index (χ0v) is 19.5. The maximum atomic E-state index is 13.4. The third-order valence-electron chi connectivity index (χ3n) is 6.73. The van der Waals surface area contributed by atoms with Crippen LogP contribution in [0.3, 0.4) is 0 Å². The second-order valence-electron chi connectivity index (χ2n) is 8.86. The van der Waals surface area contributed by atoms with E-state index in [4.69, 9.17) is 4.74 Å². The maximum absolute atomic E-state index is 13.4. The highest BCUT2D eigenvalue weighted by molar-refractivity contribution is 7.89. The second-order valence-corrected chi connectivity index (χ2v) is 10.8. The van der Waals surface area contributed by atoms with Crippen molar-refractivity contribution in [2.75, 3.05) is 26.7 Å². The van der Waals surface area contributed by atoms with Crippen LogP contribution in [-0.4, -0.2) is 50.3 Å². The average Bonchev–Trinajstić information content (AvgIpc) is 2.81. The van der Waals surface area contributed by atoms with Gasteiger partial charge in [0.15, 0.2) is 0 Å². The van der Waals surface area contributed by atoms with E-state index < -0.39 is 10.0 Å². The van der Waals surface area contributed by atoms with E-state index in [9.17, 15) is 13.2 Å². The summed E-state index contributed by atoms with van der Waals surface area (Å²) in [7, 11) is -2.01. The summed E-state index contributed by atoms with van der Waals surface area (Å²) in [4.78, 5) is 15.7. The summed E-state index contributed by atoms with van der Waals surface area (Å²) in [6.07, 6.45) is 4.75. The molecule has 1 saturated carbocycles. The predicted octanol–water partition coefficient (Wildman–Crippen LogP) is 3.92. The quantitative estimate of drug-likeness (QED) is 0.604. The molecule has 1 saturated heterocycles. The van der Waals surface area contributed by atoms with Gasteiger partial charge in [0.2, 0.25) is 15.9 Å². The fraction of sp³-hybridized carbons (Fsp3) is 0.480. The van der Waals surface area contributed by atoms with Gasteiger partial charge < -0.3 is 9.64 Å². The summed E-state index contributed by atoms with van der Waals surface area (Å²) < 4.78 is 32.7. The molecule has 1 aliphatic heterocycles. The first-order valence-corrected chi connectivity index (χ1v) is 12.9. The number of methoxy groups -OCH3 is 1. The number of hydrogen-bond donors (Lipinski definition) is 0. The molecule has 0 aromatic heterocycles. The number of hydrogen-bond acceptors (Lipinski definition) is 4. The zero-order chi connectivity index (χ0) is 22.6. The molecular formula is C25H32N2O4S. The Morgan fingerprint density at radius 1 is 1.00 bits per heavy atom. The molecule has 2 aromatic rings. The van der Waals surface area contributed by atoms with Gasteiger partial charge in [-0.25, -0.2) is 8.42 Å². The van der Waals surface area contributed by atoms with E-state index in [0.29, 0.717) is 44.1 Å². The van der Waals surface area contributed by atoms with Crippen LogP contribution in [0.25, 0.3) is 0 Å². The molecule has 0 spiro atoms. The lowest BCUT2D eigenvalue weighted by molar-refractivity contribution is -0.138. The number of amides is 1. The molecule has 1 heterocycles. The van der Waals surface area contributed by atoms with Crippen molar-refractivity contribution in [1.82, 2.24) is 9.21 Å². The number of rotatable bonds is 8. The predicted molar refractivity (Wildman–Crippen MR) is 124 cm³/mol. The fourth-order valence-electron chi connectivity index (χ4n) is 4.52. The molecule has 7 heteroatoms. The molecule has 0 bridgehead atoms. The first-order valence-electron chi connectivity index (χ1n) is 11.4. The van der Waals surface area contributed by atoms with Crippen LogP contribution >= 0.6 is 0 Å². The molecule has 32 heavy (non-hydrogen) atoms. The molecule has 1 amide bonds. The van der Waals surface area contributed by atoms with Crippen LogP contribution in [-0.2, 0) is 21.4 Å². The molecule has 0 N–H and O–H groups in total. The van der Waals surface area contributed by atoms with Crippen molar-refractivity contribution >= 4 is 15.9 Å². The van der Waals surface area contributed by atoms with Crippen LogP contribution in [0.4, 0.5) is 0 Å². The molecule has 0 unspecified atom stereocenters. The van der Waals surface area contributed by atoms with E-state index in [1.165, 1.54) is 23.6 Å². The van der Waals surface area contributed by atoms with Gasteiger partial charge in [-0.2, -0.15) is 4.31 Å². The second kappa shape index (κ2) is 10.0. The van der Waals surface area contributed by atoms with Crippen molar-refractivity contribution in [1.29, 1.82) is 0 Å². The lowest BCUT2D eigenvalue weighted by Gasteiger charge is -2.37. The number of carbonyl (C=O) groups excluding carboxylic acids is 1. The first kappa shape index (κ1) is 22.8. The molecule has 6 nitrogen and oxygen atoms in total. The Morgan fingerprint density at radius 2 is 1.66 bits per heavy atom. The van der Waals surface area contributed by atoms with Gasteiger partial charge in [-0.3, -0.25) is 4.79 Å². The van der Waals surface area contributed by atoms with Crippen molar-refractivity contribution < 1.29 is 17.9 Å². The number of benzene rings is 2. The first-order chi connectivity index (χ1) is 15.5. The molecule has 1 aliphatic carbocycles. The number of ether oxygens (including phenoxy) is 1. The Morgan fingerprint density at radius 3 is 2.22 bits per heavy atom. The van der Waals surface area contributed by atoms with Crippen molar-refractivity contribution in [3.8, 4) is 5.75 Å². The minimum absolute atomic E-state index is 0.124. The Labute approximate surface area is 191 Å². The molecule has 4 rings (SSSR count). The van der Waals surface area contributed by atoms with Gasteiger partial charge in [0.1, 0.15) is 5.75 Å². The Kier molecular flexibility index (Phi) is 7.16. The van der Waals surface area contributed by atoms with Crippen LogP contribution < -0.4 is 4.74 Å². The lowest BCUT2D eigenvalue weighted by atomic mass is 9.84. The Bertz CT molecular complexity index is 996. The van der Waals surface area contributed by atoms with E-state index >= 15 is 0 Å².